The van der Waals surface area contributed by atoms with E-state index in [-0.39, 0.29) is 24.8 Å². The third-order valence-electron chi connectivity index (χ3n) is 2.03. The van der Waals surface area contributed by atoms with Crippen LogP contribution in [-0.2, 0) is 14.3 Å². The number of carbonyl (C=O) groups is 3. The van der Waals surface area contributed by atoms with Crippen molar-refractivity contribution in [2.24, 2.45) is 0 Å². The lowest BCUT2D eigenvalue weighted by atomic mass is 10.2. The van der Waals surface area contributed by atoms with E-state index in [0.717, 1.165) is 0 Å². The Labute approximate surface area is 124 Å². The first-order valence-corrected chi connectivity index (χ1v) is 6.62. The van der Waals surface area contributed by atoms with Crippen LogP contribution in [0.25, 0.3) is 0 Å². The summed E-state index contributed by atoms with van der Waals surface area (Å²) < 4.78 is 4.98. The first kappa shape index (κ1) is 18.7. The molecule has 0 aliphatic heterocycles. The topological polar surface area (TPSA) is 120 Å². The van der Waals surface area contributed by atoms with E-state index in [1.165, 1.54) is 0 Å². The summed E-state index contributed by atoms with van der Waals surface area (Å²) in [5.41, 5.74) is -0.609. The van der Waals surface area contributed by atoms with E-state index in [1.807, 2.05) is 0 Å². The Morgan fingerprint density at radius 3 is 2.14 bits per heavy atom. The van der Waals surface area contributed by atoms with Gasteiger partial charge in [0.25, 0.3) is 0 Å². The van der Waals surface area contributed by atoms with E-state index < -0.39 is 11.7 Å². The lowest BCUT2D eigenvalue weighted by Crippen LogP contribution is -2.40. The standard InChI is InChI=1S/C13H22N4O4/c1-13(2,3)21-12(20)17-9-11(19)16-8-4-7-15-10(18)5-6-14/h4-5,7-9H2,1-3H3,(H,15,18)(H,16,19)(H,17,20). The first-order valence-electron chi connectivity index (χ1n) is 6.62. The summed E-state index contributed by atoms with van der Waals surface area (Å²) in [5, 5.41) is 15.7. The zero-order valence-corrected chi connectivity index (χ0v) is 12.6. The fourth-order valence-corrected chi connectivity index (χ4v) is 1.21. The highest BCUT2D eigenvalue weighted by molar-refractivity contribution is 5.82. The Kier molecular flexibility index (Phi) is 8.53. The molecule has 8 heteroatoms. The van der Waals surface area contributed by atoms with Crippen LogP contribution in [0.4, 0.5) is 4.79 Å². The highest BCUT2D eigenvalue weighted by Crippen LogP contribution is 2.05. The van der Waals surface area contributed by atoms with Gasteiger partial charge in [0.05, 0.1) is 12.6 Å². The van der Waals surface area contributed by atoms with Gasteiger partial charge in [0.1, 0.15) is 12.0 Å². The summed E-state index contributed by atoms with van der Waals surface area (Å²) >= 11 is 0. The Hall–Kier alpha value is -2.30. The summed E-state index contributed by atoms with van der Waals surface area (Å²) in [5.74, 6) is -0.681. The molecule has 0 unspecified atom stereocenters. The van der Waals surface area contributed by atoms with Crippen LogP contribution in [0.3, 0.4) is 0 Å². The van der Waals surface area contributed by atoms with Crippen LogP contribution in [0.2, 0.25) is 0 Å². The highest BCUT2D eigenvalue weighted by Gasteiger charge is 2.16. The van der Waals surface area contributed by atoms with E-state index in [1.54, 1.807) is 26.8 Å². The molecule has 21 heavy (non-hydrogen) atoms. The zero-order valence-electron chi connectivity index (χ0n) is 12.6. The van der Waals surface area contributed by atoms with Crippen molar-refractivity contribution in [2.45, 2.75) is 39.2 Å². The van der Waals surface area contributed by atoms with Gasteiger partial charge in [0.2, 0.25) is 11.8 Å². The monoisotopic (exact) mass is 298 g/mol. The molecule has 3 N–H and O–H groups in total. The van der Waals surface area contributed by atoms with Crippen molar-refractivity contribution in [3.8, 4) is 6.07 Å². The van der Waals surface area contributed by atoms with Crippen molar-refractivity contribution in [1.29, 1.82) is 5.26 Å². The number of nitriles is 1. The van der Waals surface area contributed by atoms with Crippen molar-refractivity contribution in [3.63, 3.8) is 0 Å². The summed E-state index contributed by atoms with van der Waals surface area (Å²) in [6.07, 6.45) is -0.289. The van der Waals surface area contributed by atoms with Gasteiger partial charge in [0, 0.05) is 13.1 Å². The van der Waals surface area contributed by atoms with E-state index in [9.17, 15) is 14.4 Å². The second-order valence-electron chi connectivity index (χ2n) is 5.24. The van der Waals surface area contributed by atoms with Crippen molar-refractivity contribution in [1.82, 2.24) is 16.0 Å². The van der Waals surface area contributed by atoms with Crippen LogP contribution in [0.1, 0.15) is 33.6 Å². The van der Waals surface area contributed by atoms with Gasteiger partial charge in [-0.05, 0) is 27.2 Å². The predicted octanol–water partition coefficient (Wildman–Crippen LogP) is 0.0473. The number of hydrogen-bond donors (Lipinski definition) is 3. The SMILES string of the molecule is CC(C)(C)OC(=O)NCC(=O)NCCCNC(=O)CC#N. The Morgan fingerprint density at radius 1 is 1.05 bits per heavy atom. The second-order valence-corrected chi connectivity index (χ2v) is 5.24. The van der Waals surface area contributed by atoms with Crippen LogP contribution in [0.15, 0.2) is 0 Å². The number of alkyl carbamates (subject to hydrolysis) is 1. The number of nitrogens with zero attached hydrogens (tertiary/aromatic N) is 1. The minimum atomic E-state index is -0.651. The summed E-state index contributed by atoms with van der Waals surface area (Å²) in [6, 6.07) is 1.74. The molecule has 0 rings (SSSR count). The van der Waals surface area contributed by atoms with Crippen molar-refractivity contribution >= 4 is 17.9 Å². The Bertz CT molecular complexity index is 409. The van der Waals surface area contributed by atoms with Crippen molar-refractivity contribution < 1.29 is 19.1 Å². The molecule has 0 heterocycles. The van der Waals surface area contributed by atoms with E-state index in [0.29, 0.717) is 19.5 Å². The molecule has 0 aliphatic rings. The smallest absolute Gasteiger partial charge is 0.408 e. The number of carbonyl (C=O) groups excluding carboxylic acids is 3. The van der Waals surface area contributed by atoms with Gasteiger partial charge in [-0.15, -0.1) is 0 Å². The highest BCUT2D eigenvalue weighted by atomic mass is 16.6. The molecule has 0 spiro atoms. The van der Waals surface area contributed by atoms with Crippen LogP contribution < -0.4 is 16.0 Å². The summed E-state index contributed by atoms with van der Waals surface area (Å²) in [6.45, 7) is 5.76. The van der Waals surface area contributed by atoms with Crippen LogP contribution in [0, 0.1) is 11.3 Å². The summed E-state index contributed by atoms with van der Waals surface area (Å²) in [4.78, 5) is 33.6. The fraction of sp³-hybridized carbons (Fsp3) is 0.692. The molecule has 0 bridgehead atoms. The lowest BCUT2D eigenvalue weighted by molar-refractivity contribution is -0.120. The maximum atomic E-state index is 11.4. The minimum Gasteiger partial charge on any atom is -0.444 e. The van der Waals surface area contributed by atoms with Crippen LogP contribution in [0.5, 0.6) is 0 Å². The maximum Gasteiger partial charge on any atom is 0.408 e. The number of hydrogen-bond acceptors (Lipinski definition) is 5. The number of amides is 3. The van der Waals surface area contributed by atoms with Crippen molar-refractivity contribution in [3.05, 3.63) is 0 Å². The second kappa shape index (κ2) is 9.58. The molecule has 0 aromatic carbocycles. The number of ether oxygens (including phenoxy) is 1. The first-order chi connectivity index (χ1) is 9.74. The maximum absolute atomic E-state index is 11.4. The van der Waals surface area contributed by atoms with Gasteiger partial charge in [-0.2, -0.15) is 5.26 Å². The van der Waals surface area contributed by atoms with Gasteiger partial charge < -0.3 is 20.7 Å². The average Bonchev–Trinajstić information content (AvgIpc) is 2.34. The molecule has 8 nitrogen and oxygen atoms in total. The molecule has 0 aromatic heterocycles. The molecular weight excluding hydrogens is 276 g/mol. The normalized spacial score (nSPS) is 10.2. The Morgan fingerprint density at radius 2 is 1.62 bits per heavy atom. The molecule has 0 atom stereocenters. The largest absolute Gasteiger partial charge is 0.444 e. The van der Waals surface area contributed by atoms with Crippen LogP contribution >= 0.6 is 0 Å². The van der Waals surface area contributed by atoms with E-state index in [4.69, 9.17) is 10.00 Å². The third-order valence-corrected chi connectivity index (χ3v) is 2.03. The molecule has 118 valence electrons. The molecule has 3 amide bonds. The number of rotatable bonds is 7. The van der Waals surface area contributed by atoms with Gasteiger partial charge in [-0.25, -0.2) is 4.79 Å². The van der Waals surface area contributed by atoms with E-state index in [2.05, 4.69) is 16.0 Å². The van der Waals surface area contributed by atoms with Gasteiger partial charge in [0.15, 0.2) is 0 Å². The third kappa shape index (κ3) is 12.5. The summed E-state index contributed by atoms with van der Waals surface area (Å²) in [7, 11) is 0. The lowest BCUT2D eigenvalue weighted by Gasteiger charge is -2.19. The minimum absolute atomic E-state index is 0.171. The average molecular weight is 298 g/mol. The quantitative estimate of drug-likeness (QED) is 0.573. The van der Waals surface area contributed by atoms with Crippen molar-refractivity contribution in [2.75, 3.05) is 19.6 Å². The predicted molar refractivity (Wildman–Crippen MR) is 75.1 cm³/mol. The number of nitrogens with one attached hydrogen (secondary N) is 3. The van der Waals surface area contributed by atoms with Gasteiger partial charge in [-0.1, -0.05) is 0 Å². The fourth-order valence-electron chi connectivity index (χ4n) is 1.21. The van der Waals surface area contributed by atoms with E-state index >= 15 is 0 Å². The molecule has 0 aliphatic carbocycles. The molecule has 0 saturated heterocycles. The van der Waals surface area contributed by atoms with Crippen LogP contribution in [-0.4, -0.2) is 43.1 Å². The molecule has 0 saturated carbocycles. The van der Waals surface area contributed by atoms with Gasteiger partial charge >= 0.3 is 6.09 Å². The Balaban J connectivity index is 3.62. The molecule has 0 fully saturated rings. The molecule has 0 radical (unpaired) electrons. The van der Waals surface area contributed by atoms with Gasteiger partial charge in [-0.3, -0.25) is 9.59 Å². The molecule has 0 aromatic rings. The molecular formula is C13H22N4O4. The zero-order chi connectivity index (χ0) is 16.3.